The van der Waals surface area contributed by atoms with Crippen molar-refractivity contribution in [2.75, 3.05) is 0 Å². The van der Waals surface area contributed by atoms with E-state index >= 15 is 0 Å². The molecule has 0 aliphatic carbocycles. The maximum absolute atomic E-state index is 12.4. The summed E-state index contributed by atoms with van der Waals surface area (Å²) < 4.78 is 4.12. The number of nitrogens with zero attached hydrogens (tertiary/aromatic N) is 2. The molecule has 3 nitrogen and oxygen atoms in total. The lowest BCUT2D eigenvalue weighted by atomic mass is 10.1. The van der Waals surface area contributed by atoms with E-state index in [1.165, 1.54) is 16.9 Å². The van der Waals surface area contributed by atoms with Gasteiger partial charge in [-0.1, -0.05) is 63.2 Å². The summed E-state index contributed by atoms with van der Waals surface area (Å²) >= 11 is 5.00. The van der Waals surface area contributed by atoms with Crippen LogP contribution in [0.4, 0.5) is 0 Å². The van der Waals surface area contributed by atoms with Gasteiger partial charge in [-0.3, -0.25) is 4.79 Å². The molecule has 3 rings (SSSR count). The Kier molecular flexibility index (Phi) is 5.11. The Labute approximate surface area is 153 Å². The van der Waals surface area contributed by atoms with E-state index in [4.69, 9.17) is 0 Å². The van der Waals surface area contributed by atoms with Gasteiger partial charge in [0.05, 0.1) is 16.6 Å². The van der Waals surface area contributed by atoms with Crippen LogP contribution in [0.5, 0.6) is 0 Å². The number of carbonyl (C=O) groups excluding carboxylic acids is 1. The van der Waals surface area contributed by atoms with Crippen LogP contribution in [0.15, 0.2) is 64.6 Å². The van der Waals surface area contributed by atoms with Crippen LogP contribution >= 0.6 is 27.3 Å². The predicted octanol–water partition coefficient (Wildman–Crippen LogP) is 4.63. The Hall–Kier alpha value is -1.98. The van der Waals surface area contributed by atoms with Gasteiger partial charge in [0, 0.05) is 11.0 Å². The summed E-state index contributed by atoms with van der Waals surface area (Å²) in [6.45, 7) is 6.46. The fourth-order valence-corrected chi connectivity index (χ4v) is 4.07. The van der Waals surface area contributed by atoms with E-state index < -0.39 is 0 Å². The Bertz CT molecular complexity index is 967. The first-order valence-electron chi connectivity index (χ1n) is 7.60. The van der Waals surface area contributed by atoms with Gasteiger partial charge in [-0.2, -0.15) is 4.99 Å². The van der Waals surface area contributed by atoms with Gasteiger partial charge in [0.2, 0.25) is 0 Å². The fourth-order valence-electron chi connectivity index (χ4n) is 2.46. The second kappa shape index (κ2) is 7.28. The number of hydrogen-bond donors (Lipinski definition) is 0. The van der Waals surface area contributed by atoms with Crippen molar-refractivity contribution in [1.82, 2.24) is 4.57 Å². The van der Waals surface area contributed by atoms with Crippen molar-refractivity contribution < 1.29 is 4.79 Å². The predicted molar refractivity (Wildman–Crippen MR) is 103 cm³/mol. The molecule has 1 heterocycles. The standard InChI is InChI=1S/C19H17BrN2OS/c1-3-10-22-16-9-8-15(20)12-17(16)24-19(22)21-18(23)11-14-6-4-13(2)5-7-14/h3-9,12H,1,10-11H2,2H3. The molecule has 5 heteroatoms. The first-order chi connectivity index (χ1) is 11.6. The van der Waals surface area contributed by atoms with Crippen LogP contribution in [-0.2, 0) is 17.8 Å². The summed E-state index contributed by atoms with van der Waals surface area (Å²) in [4.78, 5) is 17.4. The molecule has 0 N–H and O–H groups in total. The second-order valence-corrected chi connectivity index (χ2v) is 7.49. The number of rotatable bonds is 4. The van der Waals surface area contributed by atoms with Gasteiger partial charge in [0.15, 0.2) is 4.80 Å². The van der Waals surface area contributed by atoms with Crippen LogP contribution in [0.1, 0.15) is 11.1 Å². The summed E-state index contributed by atoms with van der Waals surface area (Å²) in [6.07, 6.45) is 2.13. The summed E-state index contributed by atoms with van der Waals surface area (Å²) in [5.41, 5.74) is 3.22. The third-order valence-electron chi connectivity index (χ3n) is 3.65. The Morgan fingerprint density at radius 1 is 1.29 bits per heavy atom. The average molecular weight is 401 g/mol. The summed E-state index contributed by atoms with van der Waals surface area (Å²) in [5.74, 6) is -0.137. The second-order valence-electron chi connectivity index (χ2n) is 5.56. The number of aromatic nitrogens is 1. The van der Waals surface area contributed by atoms with Gasteiger partial charge in [-0.05, 0) is 30.7 Å². The highest BCUT2D eigenvalue weighted by Gasteiger charge is 2.08. The van der Waals surface area contributed by atoms with Crippen molar-refractivity contribution in [1.29, 1.82) is 0 Å². The monoisotopic (exact) mass is 400 g/mol. The molecule has 0 spiro atoms. The van der Waals surface area contributed by atoms with Gasteiger partial charge in [0.25, 0.3) is 5.91 Å². The lowest BCUT2D eigenvalue weighted by Crippen LogP contribution is -2.16. The van der Waals surface area contributed by atoms with Gasteiger partial charge in [0.1, 0.15) is 0 Å². The van der Waals surface area contributed by atoms with Crippen LogP contribution in [0.3, 0.4) is 0 Å². The lowest BCUT2D eigenvalue weighted by Gasteiger charge is -2.01. The number of amides is 1. The summed E-state index contributed by atoms with van der Waals surface area (Å²) in [7, 11) is 0. The minimum atomic E-state index is -0.137. The van der Waals surface area contributed by atoms with Crippen LogP contribution in [0, 0.1) is 6.92 Å². The van der Waals surface area contributed by atoms with E-state index in [0.29, 0.717) is 17.8 Å². The zero-order valence-electron chi connectivity index (χ0n) is 13.3. The minimum Gasteiger partial charge on any atom is -0.313 e. The highest BCUT2D eigenvalue weighted by molar-refractivity contribution is 9.10. The maximum atomic E-state index is 12.4. The molecular weight excluding hydrogens is 384 g/mol. The summed E-state index contributed by atoms with van der Waals surface area (Å²) in [6, 6.07) is 14.0. The first kappa shape index (κ1) is 16.9. The van der Waals surface area contributed by atoms with Crippen molar-refractivity contribution in [2.24, 2.45) is 4.99 Å². The lowest BCUT2D eigenvalue weighted by molar-refractivity contribution is -0.117. The molecule has 0 bridgehead atoms. The molecule has 0 saturated carbocycles. The zero-order valence-corrected chi connectivity index (χ0v) is 15.7. The van der Waals surface area contributed by atoms with Crippen LogP contribution < -0.4 is 4.80 Å². The first-order valence-corrected chi connectivity index (χ1v) is 9.20. The van der Waals surface area contributed by atoms with Crippen LogP contribution in [0.2, 0.25) is 0 Å². The average Bonchev–Trinajstić information content (AvgIpc) is 2.86. The highest BCUT2D eigenvalue weighted by atomic mass is 79.9. The van der Waals surface area contributed by atoms with E-state index in [2.05, 4.69) is 27.5 Å². The number of thiazole rings is 1. The van der Waals surface area contributed by atoms with E-state index in [1.807, 2.05) is 60.0 Å². The number of halogens is 1. The molecule has 122 valence electrons. The number of benzene rings is 2. The molecule has 0 unspecified atom stereocenters. The molecule has 0 aliphatic heterocycles. The van der Waals surface area contributed by atoms with Gasteiger partial charge < -0.3 is 4.57 Å². The summed E-state index contributed by atoms with van der Waals surface area (Å²) in [5, 5.41) is 0. The molecule has 0 radical (unpaired) electrons. The minimum absolute atomic E-state index is 0.137. The smallest absolute Gasteiger partial charge is 0.252 e. The molecule has 0 aliphatic rings. The number of allylic oxidation sites excluding steroid dienone is 1. The molecule has 1 aromatic heterocycles. The van der Waals surface area contributed by atoms with Crippen molar-refractivity contribution in [3.8, 4) is 0 Å². The number of fused-ring (bicyclic) bond motifs is 1. The topological polar surface area (TPSA) is 34.4 Å². The Morgan fingerprint density at radius 2 is 2.04 bits per heavy atom. The molecule has 0 atom stereocenters. The molecule has 3 aromatic rings. The normalized spacial score (nSPS) is 11.8. The van der Waals surface area contributed by atoms with E-state index in [9.17, 15) is 4.79 Å². The van der Waals surface area contributed by atoms with Gasteiger partial charge >= 0.3 is 0 Å². The van der Waals surface area contributed by atoms with E-state index in [0.717, 1.165) is 20.3 Å². The Morgan fingerprint density at radius 3 is 2.75 bits per heavy atom. The van der Waals surface area contributed by atoms with Crippen molar-refractivity contribution in [3.05, 3.63) is 75.5 Å². The fraction of sp³-hybridized carbons (Fsp3) is 0.158. The van der Waals surface area contributed by atoms with E-state index in [-0.39, 0.29) is 5.91 Å². The Balaban J connectivity index is 1.98. The van der Waals surface area contributed by atoms with Crippen LogP contribution in [0.25, 0.3) is 10.2 Å². The zero-order chi connectivity index (χ0) is 17.1. The van der Waals surface area contributed by atoms with Crippen LogP contribution in [-0.4, -0.2) is 10.5 Å². The van der Waals surface area contributed by atoms with Crippen molar-refractivity contribution >= 4 is 43.4 Å². The van der Waals surface area contributed by atoms with Gasteiger partial charge in [-0.15, -0.1) is 6.58 Å². The number of carbonyl (C=O) groups is 1. The number of aryl methyl sites for hydroxylation is 1. The molecule has 2 aromatic carbocycles. The quantitative estimate of drug-likeness (QED) is 0.587. The third kappa shape index (κ3) is 3.74. The highest BCUT2D eigenvalue weighted by Crippen LogP contribution is 2.22. The largest absolute Gasteiger partial charge is 0.313 e. The SMILES string of the molecule is C=CCn1c(=NC(=O)Cc2ccc(C)cc2)sc2cc(Br)ccc21. The van der Waals surface area contributed by atoms with Gasteiger partial charge in [-0.25, -0.2) is 0 Å². The van der Waals surface area contributed by atoms with E-state index in [1.54, 1.807) is 0 Å². The molecule has 24 heavy (non-hydrogen) atoms. The maximum Gasteiger partial charge on any atom is 0.252 e. The third-order valence-corrected chi connectivity index (χ3v) is 5.19. The van der Waals surface area contributed by atoms with Crippen molar-refractivity contribution in [2.45, 2.75) is 19.9 Å². The van der Waals surface area contributed by atoms with Crippen molar-refractivity contribution in [3.63, 3.8) is 0 Å². The molecule has 0 saturated heterocycles. The molecule has 1 amide bonds. The molecule has 0 fully saturated rings. The number of hydrogen-bond acceptors (Lipinski definition) is 2. The molecular formula is C19H17BrN2OS.